The average molecular weight is 368 g/mol. The van der Waals surface area contributed by atoms with Crippen LogP contribution in [0, 0.1) is 10.1 Å². The predicted molar refractivity (Wildman–Crippen MR) is 102 cm³/mol. The molecule has 1 saturated heterocycles. The number of carbonyl (C=O) groups excluding carboxylic acids is 1. The van der Waals surface area contributed by atoms with Gasteiger partial charge in [-0.2, -0.15) is 0 Å². The van der Waals surface area contributed by atoms with E-state index in [1.54, 1.807) is 18.2 Å². The second-order valence-corrected chi connectivity index (χ2v) is 5.97. The fraction of sp³-hybridized carbons (Fsp3) is 0.250. The first-order valence-electron chi connectivity index (χ1n) is 8.65. The summed E-state index contributed by atoms with van der Waals surface area (Å²) >= 11 is 0. The Bertz CT molecular complexity index is 830. The van der Waals surface area contributed by atoms with Crippen LogP contribution in [0.3, 0.4) is 0 Å². The zero-order chi connectivity index (χ0) is 19.1. The summed E-state index contributed by atoms with van der Waals surface area (Å²) in [5.74, 6) is -0.593. The van der Waals surface area contributed by atoms with Gasteiger partial charge in [0.25, 0.3) is 5.69 Å². The maximum atomic E-state index is 12.2. The summed E-state index contributed by atoms with van der Waals surface area (Å²) in [5.41, 5.74) is 1.54. The first-order chi connectivity index (χ1) is 13.1. The van der Waals surface area contributed by atoms with Crippen molar-refractivity contribution in [2.24, 2.45) is 0 Å². The standard InChI is InChI=1S/C20H20N2O5/c23-20(27-12-4-7-16-5-2-1-3-6-16)17-8-9-18(19(15-17)22(24)25)21-10-13-26-14-11-21/h1-9,15H,10-14H2/b7-4+. The van der Waals surface area contributed by atoms with Crippen LogP contribution in [0.2, 0.25) is 0 Å². The maximum absolute atomic E-state index is 12.2. The third-order valence-corrected chi connectivity index (χ3v) is 4.18. The van der Waals surface area contributed by atoms with Crippen molar-refractivity contribution in [3.63, 3.8) is 0 Å². The minimum atomic E-state index is -0.593. The van der Waals surface area contributed by atoms with Crippen LogP contribution in [0.15, 0.2) is 54.6 Å². The van der Waals surface area contributed by atoms with E-state index in [0.717, 1.165) is 5.56 Å². The number of nitro benzene ring substituents is 1. The summed E-state index contributed by atoms with van der Waals surface area (Å²) in [5, 5.41) is 11.4. The van der Waals surface area contributed by atoms with E-state index in [2.05, 4.69) is 0 Å². The number of anilines is 1. The lowest BCUT2D eigenvalue weighted by Crippen LogP contribution is -2.36. The lowest BCUT2D eigenvalue weighted by atomic mass is 10.1. The Balaban J connectivity index is 1.66. The van der Waals surface area contributed by atoms with Crippen molar-refractivity contribution in [3.8, 4) is 0 Å². The van der Waals surface area contributed by atoms with Gasteiger partial charge in [0, 0.05) is 19.2 Å². The summed E-state index contributed by atoms with van der Waals surface area (Å²) < 4.78 is 10.5. The summed E-state index contributed by atoms with van der Waals surface area (Å²) in [6, 6.07) is 14.1. The third-order valence-electron chi connectivity index (χ3n) is 4.18. The Morgan fingerprint density at radius 1 is 1.19 bits per heavy atom. The molecule has 2 aromatic carbocycles. The highest BCUT2D eigenvalue weighted by Crippen LogP contribution is 2.30. The van der Waals surface area contributed by atoms with E-state index in [1.165, 1.54) is 6.07 Å². The molecule has 1 heterocycles. The number of esters is 1. The molecule has 1 aliphatic rings. The van der Waals surface area contributed by atoms with Crippen molar-refractivity contribution in [1.82, 2.24) is 0 Å². The SMILES string of the molecule is O=C(OC/C=C/c1ccccc1)c1ccc(N2CCOCC2)c([N+](=O)[O-])c1. The highest BCUT2D eigenvalue weighted by molar-refractivity contribution is 5.91. The Kier molecular flexibility index (Phi) is 6.17. The topological polar surface area (TPSA) is 81.9 Å². The second kappa shape index (κ2) is 8.95. The highest BCUT2D eigenvalue weighted by Gasteiger charge is 2.23. The van der Waals surface area contributed by atoms with Gasteiger partial charge in [-0.25, -0.2) is 4.79 Å². The van der Waals surface area contributed by atoms with E-state index in [4.69, 9.17) is 9.47 Å². The van der Waals surface area contributed by atoms with Gasteiger partial charge < -0.3 is 14.4 Å². The summed E-state index contributed by atoms with van der Waals surface area (Å²) in [6.07, 6.45) is 3.57. The van der Waals surface area contributed by atoms with Crippen molar-refractivity contribution in [3.05, 3.63) is 75.8 Å². The Morgan fingerprint density at radius 2 is 1.93 bits per heavy atom. The number of rotatable bonds is 6. The van der Waals surface area contributed by atoms with Gasteiger partial charge in [-0.15, -0.1) is 0 Å². The molecular weight excluding hydrogens is 348 g/mol. The van der Waals surface area contributed by atoms with Gasteiger partial charge in [-0.1, -0.05) is 36.4 Å². The number of carbonyl (C=O) groups is 1. The van der Waals surface area contributed by atoms with Gasteiger partial charge in [-0.3, -0.25) is 10.1 Å². The third kappa shape index (κ3) is 4.92. The normalized spacial score (nSPS) is 14.3. The molecule has 140 valence electrons. The van der Waals surface area contributed by atoms with Crippen LogP contribution in [0.1, 0.15) is 15.9 Å². The molecule has 0 radical (unpaired) electrons. The number of nitrogens with zero attached hydrogens (tertiary/aromatic N) is 2. The molecule has 2 aromatic rings. The first-order valence-corrected chi connectivity index (χ1v) is 8.65. The van der Waals surface area contributed by atoms with Crippen LogP contribution in [0.5, 0.6) is 0 Å². The summed E-state index contributed by atoms with van der Waals surface area (Å²) in [4.78, 5) is 25.1. The maximum Gasteiger partial charge on any atom is 0.338 e. The van der Waals surface area contributed by atoms with Gasteiger partial charge in [0.15, 0.2) is 0 Å². The molecule has 0 bridgehead atoms. The molecule has 7 heteroatoms. The van der Waals surface area contributed by atoms with Crippen molar-refractivity contribution in [1.29, 1.82) is 0 Å². The number of hydrogen-bond acceptors (Lipinski definition) is 6. The second-order valence-electron chi connectivity index (χ2n) is 5.97. The number of hydrogen-bond donors (Lipinski definition) is 0. The molecule has 0 N–H and O–H groups in total. The van der Waals surface area contributed by atoms with Crippen molar-refractivity contribution >= 4 is 23.4 Å². The molecule has 0 aliphatic carbocycles. The molecule has 0 unspecified atom stereocenters. The fourth-order valence-corrected chi connectivity index (χ4v) is 2.82. The molecule has 0 saturated carbocycles. The average Bonchev–Trinajstić information content (AvgIpc) is 2.72. The van der Waals surface area contributed by atoms with Crippen LogP contribution >= 0.6 is 0 Å². The van der Waals surface area contributed by atoms with E-state index in [0.29, 0.717) is 32.0 Å². The molecule has 27 heavy (non-hydrogen) atoms. The Hall–Kier alpha value is -3.19. The van der Waals surface area contributed by atoms with Crippen LogP contribution in [-0.4, -0.2) is 43.8 Å². The minimum absolute atomic E-state index is 0.0900. The molecule has 7 nitrogen and oxygen atoms in total. The van der Waals surface area contributed by atoms with Crippen molar-refractivity contribution in [2.75, 3.05) is 37.8 Å². The molecule has 1 fully saturated rings. The van der Waals surface area contributed by atoms with Crippen LogP contribution in [0.25, 0.3) is 6.08 Å². The van der Waals surface area contributed by atoms with Gasteiger partial charge in [0.05, 0.1) is 23.7 Å². The van der Waals surface area contributed by atoms with Gasteiger partial charge >= 0.3 is 5.97 Å². The summed E-state index contributed by atoms with van der Waals surface area (Å²) in [7, 11) is 0. The lowest BCUT2D eigenvalue weighted by Gasteiger charge is -2.28. The largest absolute Gasteiger partial charge is 0.458 e. The molecule has 1 aliphatic heterocycles. The van der Waals surface area contributed by atoms with Crippen LogP contribution in [-0.2, 0) is 9.47 Å². The van der Waals surface area contributed by atoms with Crippen molar-refractivity contribution < 1.29 is 19.2 Å². The summed E-state index contributed by atoms with van der Waals surface area (Å²) in [6.45, 7) is 2.29. The quantitative estimate of drug-likeness (QED) is 0.442. The monoisotopic (exact) mass is 368 g/mol. The molecule has 0 aromatic heterocycles. The Labute approximate surface area is 157 Å². The minimum Gasteiger partial charge on any atom is -0.458 e. The van der Waals surface area contributed by atoms with E-state index >= 15 is 0 Å². The number of morpholine rings is 1. The molecular formula is C20H20N2O5. The van der Waals surface area contributed by atoms with E-state index in [9.17, 15) is 14.9 Å². The Morgan fingerprint density at radius 3 is 2.63 bits per heavy atom. The van der Waals surface area contributed by atoms with Gasteiger partial charge in [-0.05, 0) is 23.8 Å². The van der Waals surface area contributed by atoms with E-state index in [1.807, 2.05) is 41.3 Å². The van der Waals surface area contributed by atoms with E-state index < -0.39 is 10.9 Å². The zero-order valence-electron chi connectivity index (χ0n) is 14.7. The molecule has 0 atom stereocenters. The predicted octanol–water partition coefficient (Wildman–Crippen LogP) is 3.30. The van der Waals surface area contributed by atoms with Crippen LogP contribution < -0.4 is 4.90 Å². The molecule has 3 rings (SSSR count). The smallest absolute Gasteiger partial charge is 0.338 e. The van der Waals surface area contributed by atoms with Gasteiger partial charge in [0.2, 0.25) is 0 Å². The lowest BCUT2D eigenvalue weighted by molar-refractivity contribution is -0.384. The zero-order valence-corrected chi connectivity index (χ0v) is 14.7. The number of ether oxygens (including phenoxy) is 2. The number of nitro groups is 1. The number of benzene rings is 2. The first kappa shape index (κ1) is 18.6. The van der Waals surface area contributed by atoms with Crippen LogP contribution in [0.4, 0.5) is 11.4 Å². The van der Waals surface area contributed by atoms with Crippen molar-refractivity contribution in [2.45, 2.75) is 0 Å². The van der Waals surface area contributed by atoms with Gasteiger partial charge in [0.1, 0.15) is 12.3 Å². The fourth-order valence-electron chi connectivity index (χ4n) is 2.82. The molecule has 0 amide bonds. The molecule has 0 spiro atoms. The highest BCUT2D eigenvalue weighted by atomic mass is 16.6. The van der Waals surface area contributed by atoms with E-state index in [-0.39, 0.29) is 17.9 Å².